The zero-order chi connectivity index (χ0) is 14.8. The molecule has 3 rings (SSSR count). The Morgan fingerprint density at radius 3 is 2.43 bits per heavy atom. The average molecular weight is 279 g/mol. The van der Waals surface area contributed by atoms with Gasteiger partial charge in [0.2, 0.25) is 6.02 Å². The Bertz CT molecular complexity index is 734. The summed E-state index contributed by atoms with van der Waals surface area (Å²) in [5.41, 5.74) is 2.44. The van der Waals surface area contributed by atoms with E-state index in [4.69, 9.17) is 0 Å². The number of amidine groups is 1. The number of hydrogen-bond donors (Lipinski definition) is 0. The molecule has 1 heterocycles. The van der Waals surface area contributed by atoms with Gasteiger partial charge in [0.05, 0.1) is 0 Å². The van der Waals surface area contributed by atoms with Gasteiger partial charge in [0, 0.05) is 5.56 Å². The van der Waals surface area contributed by atoms with E-state index in [9.17, 15) is 9.90 Å². The molecular formula is C16H13N3O2. The maximum Gasteiger partial charge on any atom is 0.529 e. The smallest absolute Gasteiger partial charge is 0.529 e. The zero-order valence-corrected chi connectivity index (χ0v) is 11.4. The number of urea groups is 1. The monoisotopic (exact) mass is 279 g/mol. The molecule has 0 saturated carbocycles. The number of carbonyl (C=O) groups is 1. The van der Waals surface area contributed by atoms with E-state index in [1.54, 1.807) is 30.5 Å². The van der Waals surface area contributed by atoms with Crippen molar-refractivity contribution < 1.29 is 14.6 Å². The van der Waals surface area contributed by atoms with E-state index >= 15 is 0 Å². The fourth-order valence-electron chi connectivity index (χ4n) is 2.04. The maximum atomic E-state index is 12.3. The van der Waals surface area contributed by atoms with Gasteiger partial charge in [-0.3, -0.25) is 0 Å². The molecule has 0 saturated heterocycles. The summed E-state index contributed by atoms with van der Waals surface area (Å²) >= 11 is 0. The highest BCUT2D eigenvalue weighted by Crippen LogP contribution is 2.17. The Hall–Kier alpha value is -2.95. The number of para-hydroxylation sites is 1. The first-order chi connectivity index (χ1) is 10.1. The Kier molecular flexibility index (Phi) is 3.23. The van der Waals surface area contributed by atoms with Gasteiger partial charge in [-0.25, -0.2) is 0 Å². The van der Waals surface area contributed by atoms with Gasteiger partial charge in [-0.2, -0.15) is 4.79 Å². The third-order valence-corrected chi connectivity index (χ3v) is 3.13. The van der Waals surface area contributed by atoms with Gasteiger partial charge in [0.25, 0.3) is 0 Å². The Balaban J connectivity index is 1.93. The second-order valence-corrected chi connectivity index (χ2v) is 4.72. The zero-order valence-electron chi connectivity index (χ0n) is 11.4. The minimum atomic E-state index is -0.588. The van der Waals surface area contributed by atoms with E-state index < -0.39 is 12.1 Å². The molecule has 2 amide bonds. The molecule has 1 aliphatic rings. The Morgan fingerprint density at radius 2 is 1.76 bits per heavy atom. The van der Waals surface area contributed by atoms with Gasteiger partial charge in [-0.15, -0.1) is 4.90 Å². The predicted octanol–water partition coefficient (Wildman–Crippen LogP) is 1.70. The normalized spacial score (nSPS) is 16.4. The lowest BCUT2D eigenvalue weighted by atomic mass is 10.2. The van der Waals surface area contributed by atoms with Gasteiger partial charge in [0.1, 0.15) is 11.9 Å². The molecule has 21 heavy (non-hydrogen) atoms. The Labute approximate surface area is 122 Å². The van der Waals surface area contributed by atoms with E-state index in [0.29, 0.717) is 5.69 Å². The second-order valence-electron chi connectivity index (χ2n) is 4.72. The van der Waals surface area contributed by atoms with Crippen LogP contribution in [0.3, 0.4) is 0 Å². The lowest BCUT2D eigenvalue weighted by molar-refractivity contribution is -0.422. The minimum Gasteiger partial charge on any atom is -0.824 e. The van der Waals surface area contributed by atoms with E-state index in [-0.39, 0.29) is 0 Å². The third kappa shape index (κ3) is 2.53. The average Bonchev–Trinajstić information content (AvgIpc) is 2.77. The molecule has 1 aliphatic heterocycles. The second kappa shape index (κ2) is 5.20. The van der Waals surface area contributed by atoms with Gasteiger partial charge < -0.3 is 5.11 Å². The molecule has 0 N–H and O–H groups in total. The van der Waals surface area contributed by atoms with Crippen molar-refractivity contribution in [1.29, 1.82) is 0 Å². The van der Waals surface area contributed by atoms with Crippen LogP contribution in [0.25, 0.3) is 0 Å². The summed E-state index contributed by atoms with van der Waals surface area (Å²) in [5, 5.41) is 15.7. The Morgan fingerprint density at radius 1 is 1.10 bits per heavy atom. The van der Waals surface area contributed by atoms with Crippen molar-refractivity contribution in [2.75, 3.05) is 4.90 Å². The summed E-state index contributed by atoms with van der Waals surface area (Å²) < 4.78 is 1.07. The van der Waals surface area contributed by atoms with Crippen LogP contribution >= 0.6 is 0 Å². The predicted molar refractivity (Wildman–Crippen MR) is 78.4 cm³/mol. The molecule has 0 spiro atoms. The van der Waals surface area contributed by atoms with Crippen molar-refractivity contribution in [3.8, 4) is 0 Å². The van der Waals surface area contributed by atoms with E-state index in [0.717, 1.165) is 20.7 Å². The standard InChI is InChI=1S/C16H13N3O2/c1-12-7-9-13(10-8-12)11-18-16(21)19(15(20)17-18)14-5-3-2-4-6-14/h2-11H,1H3/b18-11-. The molecule has 0 radical (unpaired) electrons. The van der Waals surface area contributed by atoms with Gasteiger partial charge >= 0.3 is 6.03 Å². The van der Waals surface area contributed by atoms with Crippen LogP contribution in [0.4, 0.5) is 10.5 Å². The summed E-state index contributed by atoms with van der Waals surface area (Å²) in [5.74, 6) is 0. The van der Waals surface area contributed by atoms with Crippen molar-refractivity contribution in [2.45, 2.75) is 6.92 Å². The number of nitrogens with zero attached hydrogens (tertiary/aromatic N) is 3. The van der Waals surface area contributed by atoms with Crippen LogP contribution in [0.2, 0.25) is 0 Å². The van der Waals surface area contributed by atoms with Gasteiger partial charge in [0.15, 0.2) is 0 Å². The van der Waals surface area contributed by atoms with Crippen LogP contribution in [-0.4, -0.2) is 23.0 Å². The summed E-state index contributed by atoms with van der Waals surface area (Å²) in [4.78, 5) is 13.3. The van der Waals surface area contributed by atoms with Crippen LogP contribution in [-0.2, 0) is 0 Å². The summed E-state index contributed by atoms with van der Waals surface area (Å²) in [6.07, 6.45) is 1.54. The maximum absolute atomic E-state index is 12.3. The minimum absolute atomic E-state index is 0.480. The van der Waals surface area contributed by atoms with Crippen LogP contribution in [0, 0.1) is 6.92 Å². The van der Waals surface area contributed by atoms with Crippen LogP contribution in [0.15, 0.2) is 59.7 Å². The van der Waals surface area contributed by atoms with Crippen molar-refractivity contribution >= 4 is 24.0 Å². The fraction of sp³-hybridized carbons (Fsp3) is 0.0625. The molecule has 0 unspecified atom stereocenters. The van der Waals surface area contributed by atoms with Crippen LogP contribution in [0.1, 0.15) is 11.1 Å². The lowest BCUT2D eigenvalue weighted by Gasteiger charge is -2.10. The number of hydrogen-bond acceptors (Lipinski definition) is 3. The molecule has 5 heteroatoms. The van der Waals surface area contributed by atoms with Crippen molar-refractivity contribution in [2.24, 2.45) is 5.10 Å². The lowest BCUT2D eigenvalue weighted by Crippen LogP contribution is -2.40. The SMILES string of the molecule is Cc1ccc(/C=[N+]2\N=C([O-])N(c3ccccc3)C2=O)cc1. The molecule has 0 aromatic heterocycles. The number of anilines is 1. The molecule has 0 fully saturated rings. The van der Waals surface area contributed by atoms with Crippen LogP contribution in [0.5, 0.6) is 0 Å². The van der Waals surface area contributed by atoms with Crippen LogP contribution < -0.4 is 10.0 Å². The molecular weight excluding hydrogens is 266 g/mol. The van der Waals surface area contributed by atoms with Gasteiger partial charge in [-0.1, -0.05) is 52.7 Å². The number of aryl methyl sites for hydroxylation is 1. The third-order valence-electron chi connectivity index (χ3n) is 3.13. The first-order valence-corrected chi connectivity index (χ1v) is 6.51. The number of hydrazone groups is 1. The molecule has 0 bridgehead atoms. The number of rotatable bonds is 2. The van der Waals surface area contributed by atoms with E-state index in [2.05, 4.69) is 5.10 Å². The largest absolute Gasteiger partial charge is 0.824 e. The highest BCUT2D eigenvalue weighted by atomic mass is 16.3. The van der Waals surface area contributed by atoms with Crippen molar-refractivity contribution in [3.63, 3.8) is 0 Å². The molecule has 2 aromatic rings. The first-order valence-electron chi connectivity index (χ1n) is 6.51. The van der Waals surface area contributed by atoms with Crippen molar-refractivity contribution in [1.82, 2.24) is 0 Å². The summed E-state index contributed by atoms with van der Waals surface area (Å²) in [7, 11) is 0. The molecule has 0 atom stereocenters. The number of carbonyl (C=O) groups excluding carboxylic acids is 1. The molecule has 2 aromatic carbocycles. The summed E-state index contributed by atoms with van der Waals surface area (Å²) in [6, 6.07) is 15.3. The highest BCUT2D eigenvalue weighted by Gasteiger charge is 2.36. The quantitative estimate of drug-likeness (QED) is 0.786. The van der Waals surface area contributed by atoms with E-state index in [1.165, 1.54) is 0 Å². The fourth-order valence-corrected chi connectivity index (χ4v) is 2.04. The van der Waals surface area contributed by atoms with Crippen molar-refractivity contribution in [3.05, 3.63) is 65.7 Å². The topological polar surface area (TPSA) is 58.7 Å². The number of amides is 2. The van der Waals surface area contributed by atoms with E-state index in [1.807, 2.05) is 37.3 Å². The number of benzene rings is 2. The van der Waals surface area contributed by atoms with Gasteiger partial charge in [-0.05, 0) is 24.2 Å². The summed E-state index contributed by atoms with van der Waals surface area (Å²) in [6.45, 7) is 1.98. The highest BCUT2D eigenvalue weighted by molar-refractivity contribution is 6.12. The first kappa shape index (κ1) is 13.1. The molecule has 104 valence electrons. The molecule has 5 nitrogen and oxygen atoms in total. The molecule has 0 aliphatic carbocycles.